The Morgan fingerprint density at radius 2 is 1.68 bits per heavy atom. The smallest absolute Gasteiger partial charge is 0.325 e. The van der Waals surface area contributed by atoms with E-state index in [4.69, 9.17) is 0 Å². The number of alkyl halides is 3. The number of anilines is 1. The van der Waals surface area contributed by atoms with Crippen molar-refractivity contribution in [3.05, 3.63) is 29.8 Å². The van der Waals surface area contributed by atoms with Crippen molar-refractivity contribution in [2.75, 3.05) is 56.6 Å². The number of benzene rings is 1. The Kier molecular flexibility index (Phi) is 6.97. The Balaban J connectivity index is 1.75. The Hall–Kier alpha value is -1.45. The third kappa shape index (κ3) is 6.75. The molecule has 1 aliphatic heterocycles. The first-order valence-corrected chi connectivity index (χ1v) is 9.68. The number of hydrogen-bond donors (Lipinski definition) is 1. The molecule has 0 unspecified atom stereocenters. The minimum atomic E-state index is -4.38. The Bertz CT molecular complexity index is 600. The lowest BCUT2D eigenvalue weighted by Gasteiger charge is -2.34. The Labute approximate surface area is 147 Å². The molecule has 1 N–H and O–H groups in total. The summed E-state index contributed by atoms with van der Waals surface area (Å²) in [5, 5.41) is 2.62. The van der Waals surface area contributed by atoms with Gasteiger partial charge in [-0.05, 0) is 24.3 Å². The summed E-state index contributed by atoms with van der Waals surface area (Å²) in [5.41, 5.74) is -0.392. The van der Waals surface area contributed by atoms with Gasteiger partial charge in [-0.2, -0.15) is 13.2 Å². The predicted molar refractivity (Wildman–Crippen MR) is 91.9 cm³/mol. The lowest BCUT2D eigenvalue weighted by molar-refractivity contribution is -0.137. The van der Waals surface area contributed by atoms with Crippen LogP contribution < -0.4 is 5.32 Å². The first kappa shape index (κ1) is 19.9. The molecule has 1 fully saturated rings. The molecule has 1 heterocycles. The van der Waals surface area contributed by atoms with Crippen molar-refractivity contribution in [2.24, 2.45) is 0 Å². The average Bonchev–Trinajstić information content (AvgIpc) is 2.53. The van der Waals surface area contributed by atoms with Crippen molar-refractivity contribution >= 4 is 22.4 Å². The molecule has 5 nitrogen and oxygen atoms in total. The van der Waals surface area contributed by atoms with Gasteiger partial charge in [-0.1, -0.05) is 0 Å². The maximum absolute atomic E-state index is 12.5. The molecular weight excluding hydrogens is 355 g/mol. The summed E-state index contributed by atoms with van der Waals surface area (Å²) in [7, 11) is -0.805. The quantitative estimate of drug-likeness (QED) is 0.819. The van der Waals surface area contributed by atoms with Crippen molar-refractivity contribution < 1.29 is 22.2 Å². The fourth-order valence-electron chi connectivity index (χ4n) is 2.57. The lowest BCUT2D eigenvalue weighted by atomic mass is 10.2. The normalized spacial score (nSPS) is 18.1. The van der Waals surface area contributed by atoms with Gasteiger partial charge in [0.2, 0.25) is 5.91 Å². The second kappa shape index (κ2) is 8.77. The zero-order valence-electron chi connectivity index (χ0n) is 14.0. The van der Waals surface area contributed by atoms with E-state index in [9.17, 15) is 22.2 Å². The van der Waals surface area contributed by atoms with Crippen LogP contribution in [0.4, 0.5) is 18.9 Å². The number of piperazine rings is 1. The third-order valence-electron chi connectivity index (χ3n) is 4.02. The highest BCUT2D eigenvalue weighted by atomic mass is 32.2. The molecule has 0 bridgehead atoms. The van der Waals surface area contributed by atoms with Crippen LogP contribution in [-0.2, 0) is 21.8 Å². The van der Waals surface area contributed by atoms with Crippen molar-refractivity contribution in [1.82, 2.24) is 9.80 Å². The van der Waals surface area contributed by atoms with E-state index in [0.29, 0.717) is 11.4 Å². The van der Waals surface area contributed by atoms with Gasteiger partial charge >= 0.3 is 6.18 Å². The van der Waals surface area contributed by atoms with Crippen LogP contribution in [0, 0.1) is 0 Å². The number of nitrogens with zero attached hydrogens (tertiary/aromatic N) is 2. The molecule has 0 spiro atoms. The summed E-state index contributed by atoms with van der Waals surface area (Å²) in [6.45, 7) is 4.08. The van der Waals surface area contributed by atoms with Gasteiger partial charge in [-0.25, -0.2) is 0 Å². The van der Waals surface area contributed by atoms with Crippen molar-refractivity contribution in [2.45, 2.75) is 6.18 Å². The molecule has 1 saturated heterocycles. The Morgan fingerprint density at radius 3 is 2.20 bits per heavy atom. The molecule has 1 aromatic rings. The number of nitrogens with one attached hydrogen (secondary N) is 1. The highest BCUT2D eigenvalue weighted by Crippen LogP contribution is 2.29. The maximum atomic E-state index is 12.5. The van der Waals surface area contributed by atoms with Gasteiger partial charge in [0, 0.05) is 61.2 Å². The van der Waals surface area contributed by atoms with Crippen LogP contribution in [0.3, 0.4) is 0 Å². The van der Waals surface area contributed by atoms with Gasteiger partial charge in [-0.3, -0.25) is 18.8 Å². The number of carbonyl (C=O) groups excluding carboxylic acids is 1. The van der Waals surface area contributed by atoms with Crippen LogP contribution in [0.2, 0.25) is 0 Å². The molecule has 0 saturated carbocycles. The van der Waals surface area contributed by atoms with Gasteiger partial charge in [0.15, 0.2) is 0 Å². The lowest BCUT2D eigenvalue weighted by Crippen LogP contribution is -2.49. The van der Waals surface area contributed by atoms with Crippen molar-refractivity contribution in [3.8, 4) is 0 Å². The average molecular weight is 377 g/mol. The summed E-state index contributed by atoms with van der Waals surface area (Å²) in [5.74, 6) is 0.400. The molecule has 2 rings (SSSR count). The third-order valence-corrected chi connectivity index (χ3v) is 4.78. The highest BCUT2D eigenvalue weighted by Gasteiger charge is 2.30. The fraction of sp³-hybridized carbons (Fsp3) is 0.562. The van der Waals surface area contributed by atoms with E-state index in [2.05, 4.69) is 10.2 Å². The van der Waals surface area contributed by atoms with Gasteiger partial charge in [0.05, 0.1) is 12.1 Å². The van der Waals surface area contributed by atoms with Crippen LogP contribution >= 0.6 is 0 Å². The van der Waals surface area contributed by atoms with Crippen molar-refractivity contribution in [1.29, 1.82) is 0 Å². The molecular formula is C16H22F3N3O2S. The first-order valence-electron chi connectivity index (χ1n) is 7.96. The minimum absolute atomic E-state index is 0.203. The van der Waals surface area contributed by atoms with Crippen LogP contribution in [0.1, 0.15) is 5.56 Å². The second-order valence-corrected chi connectivity index (χ2v) is 7.57. The molecule has 0 radical (unpaired) electrons. The SMILES string of the molecule is C[S@](=O)CCN1CCN(CC(=O)Nc2ccc(C(F)(F)F)cc2)CC1. The zero-order valence-corrected chi connectivity index (χ0v) is 14.8. The largest absolute Gasteiger partial charge is 0.416 e. The van der Waals surface area contributed by atoms with Gasteiger partial charge in [0.1, 0.15) is 0 Å². The highest BCUT2D eigenvalue weighted by molar-refractivity contribution is 7.84. The van der Waals surface area contributed by atoms with Crippen LogP contribution in [0.25, 0.3) is 0 Å². The van der Waals surface area contributed by atoms with Crippen LogP contribution in [0.15, 0.2) is 24.3 Å². The molecule has 1 atom stereocenters. The van der Waals surface area contributed by atoms with E-state index in [-0.39, 0.29) is 12.5 Å². The minimum Gasteiger partial charge on any atom is -0.325 e. The number of carbonyl (C=O) groups is 1. The number of rotatable bonds is 6. The fourth-order valence-corrected chi connectivity index (χ4v) is 3.09. The predicted octanol–water partition coefficient (Wildman–Crippen LogP) is 1.64. The molecule has 140 valence electrons. The first-order chi connectivity index (χ1) is 11.7. The van der Waals surface area contributed by atoms with E-state index < -0.39 is 22.5 Å². The van der Waals surface area contributed by atoms with Crippen LogP contribution in [0.5, 0.6) is 0 Å². The number of halogens is 3. The molecule has 0 aliphatic carbocycles. The maximum Gasteiger partial charge on any atom is 0.416 e. The summed E-state index contributed by atoms with van der Waals surface area (Å²) >= 11 is 0. The van der Waals surface area contributed by atoms with E-state index in [1.54, 1.807) is 6.26 Å². The molecule has 0 aromatic heterocycles. The topological polar surface area (TPSA) is 52.7 Å². The van der Waals surface area contributed by atoms with E-state index >= 15 is 0 Å². The van der Waals surface area contributed by atoms with Crippen molar-refractivity contribution in [3.63, 3.8) is 0 Å². The standard InChI is InChI=1S/C16H22F3N3O2S/c1-25(24)11-10-21-6-8-22(9-7-21)12-15(23)20-14-4-2-13(3-5-14)16(17,18)19/h2-5H,6-12H2,1H3,(H,20,23)/t25-/m0/s1. The van der Waals surface area contributed by atoms with Gasteiger partial charge in [0.25, 0.3) is 0 Å². The van der Waals surface area contributed by atoms with Gasteiger partial charge < -0.3 is 5.32 Å². The van der Waals surface area contributed by atoms with Crippen LogP contribution in [-0.4, -0.2) is 71.2 Å². The molecule has 25 heavy (non-hydrogen) atoms. The Morgan fingerprint density at radius 1 is 1.12 bits per heavy atom. The monoisotopic (exact) mass is 377 g/mol. The summed E-state index contributed by atoms with van der Waals surface area (Å²) in [6.07, 6.45) is -2.70. The molecule has 1 aliphatic rings. The number of hydrogen-bond acceptors (Lipinski definition) is 4. The summed E-state index contributed by atoms with van der Waals surface area (Å²) < 4.78 is 48.6. The molecule has 1 amide bonds. The zero-order chi connectivity index (χ0) is 18.4. The second-order valence-electron chi connectivity index (χ2n) is 6.02. The van der Waals surface area contributed by atoms with E-state index in [1.807, 2.05) is 4.90 Å². The molecule has 9 heteroatoms. The van der Waals surface area contributed by atoms with Gasteiger partial charge in [-0.15, -0.1) is 0 Å². The number of amides is 1. The summed E-state index contributed by atoms with van der Waals surface area (Å²) in [6, 6.07) is 4.41. The molecule has 1 aromatic carbocycles. The van der Waals surface area contributed by atoms with E-state index in [0.717, 1.165) is 44.9 Å². The summed E-state index contributed by atoms with van der Waals surface area (Å²) in [4.78, 5) is 16.2. The van der Waals surface area contributed by atoms with E-state index in [1.165, 1.54) is 12.1 Å².